The standard InChI is InChI=1S/C17H26N2O5/c1-17(2,3)14(20)8-9-18-15(21)16(22)19-12-7-6-11(23-4)10-13(12)24-5/h6-7,10,14,20H,8-9H2,1-5H3,(H,18,21)(H,19,22). The monoisotopic (exact) mass is 338 g/mol. The highest BCUT2D eigenvalue weighted by atomic mass is 16.5. The molecule has 1 aromatic carbocycles. The lowest BCUT2D eigenvalue weighted by Gasteiger charge is -2.25. The van der Waals surface area contributed by atoms with Gasteiger partial charge in [0.1, 0.15) is 11.5 Å². The molecular formula is C17H26N2O5. The maximum Gasteiger partial charge on any atom is 0.313 e. The van der Waals surface area contributed by atoms with Crippen molar-refractivity contribution in [2.75, 3.05) is 26.1 Å². The van der Waals surface area contributed by atoms with Crippen LogP contribution in [0, 0.1) is 5.41 Å². The first kappa shape index (κ1) is 19.8. The fourth-order valence-electron chi connectivity index (χ4n) is 1.92. The number of carbonyl (C=O) groups is 2. The first-order valence-electron chi connectivity index (χ1n) is 7.68. The quantitative estimate of drug-likeness (QED) is 0.684. The Labute approximate surface area is 142 Å². The van der Waals surface area contributed by atoms with Gasteiger partial charge in [0.2, 0.25) is 0 Å². The Bertz CT molecular complexity index is 581. The maximum absolute atomic E-state index is 11.9. The Morgan fingerprint density at radius 2 is 1.83 bits per heavy atom. The number of hydrogen-bond acceptors (Lipinski definition) is 5. The van der Waals surface area contributed by atoms with Crippen LogP contribution in [-0.4, -0.2) is 43.8 Å². The summed E-state index contributed by atoms with van der Waals surface area (Å²) in [4.78, 5) is 23.8. The Morgan fingerprint density at radius 3 is 2.38 bits per heavy atom. The number of carbonyl (C=O) groups excluding carboxylic acids is 2. The summed E-state index contributed by atoms with van der Waals surface area (Å²) in [6, 6.07) is 4.84. The average Bonchev–Trinajstić information content (AvgIpc) is 2.53. The van der Waals surface area contributed by atoms with Crippen LogP contribution in [0.15, 0.2) is 18.2 Å². The first-order valence-corrected chi connectivity index (χ1v) is 7.68. The lowest BCUT2D eigenvalue weighted by molar-refractivity contribution is -0.136. The molecule has 1 aromatic rings. The van der Waals surface area contributed by atoms with E-state index in [2.05, 4.69) is 10.6 Å². The molecule has 0 aliphatic heterocycles. The van der Waals surface area contributed by atoms with Crippen LogP contribution in [-0.2, 0) is 9.59 Å². The van der Waals surface area contributed by atoms with Crippen molar-refractivity contribution in [2.45, 2.75) is 33.3 Å². The molecule has 2 amide bonds. The van der Waals surface area contributed by atoms with E-state index in [4.69, 9.17) is 9.47 Å². The molecule has 0 aliphatic carbocycles. The van der Waals surface area contributed by atoms with E-state index in [1.165, 1.54) is 14.2 Å². The van der Waals surface area contributed by atoms with Crippen molar-refractivity contribution in [2.24, 2.45) is 5.41 Å². The Balaban J connectivity index is 2.57. The molecule has 1 atom stereocenters. The minimum absolute atomic E-state index is 0.213. The highest BCUT2D eigenvalue weighted by molar-refractivity contribution is 6.39. The summed E-state index contributed by atoms with van der Waals surface area (Å²) in [6.45, 7) is 5.93. The predicted molar refractivity (Wildman–Crippen MR) is 91.3 cm³/mol. The van der Waals surface area contributed by atoms with Crippen LogP contribution in [0.5, 0.6) is 11.5 Å². The van der Waals surface area contributed by atoms with Gasteiger partial charge in [-0.05, 0) is 24.0 Å². The molecular weight excluding hydrogens is 312 g/mol. The van der Waals surface area contributed by atoms with Gasteiger partial charge >= 0.3 is 11.8 Å². The number of ether oxygens (including phenoxy) is 2. The van der Waals surface area contributed by atoms with Crippen LogP contribution in [0.3, 0.4) is 0 Å². The molecule has 0 aliphatic rings. The predicted octanol–water partition coefficient (Wildman–Crippen LogP) is 1.56. The van der Waals surface area contributed by atoms with Crippen molar-refractivity contribution in [3.05, 3.63) is 18.2 Å². The van der Waals surface area contributed by atoms with Crippen LogP contribution in [0.2, 0.25) is 0 Å². The Hall–Kier alpha value is -2.28. The summed E-state index contributed by atoms with van der Waals surface area (Å²) in [6.07, 6.45) is -0.198. The van der Waals surface area contributed by atoms with E-state index < -0.39 is 17.9 Å². The minimum Gasteiger partial charge on any atom is -0.497 e. The number of amides is 2. The highest BCUT2D eigenvalue weighted by Crippen LogP contribution is 2.28. The molecule has 134 valence electrons. The van der Waals surface area contributed by atoms with Crippen molar-refractivity contribution < 1.29 is 24.2 Å². The molecule has 0 radical (unpaired) electrons. The van der Waals surface area contributed by atoms with Gasteiger partial charge in [-0.2, -0.15) is 0 Å². The van der Waals surface area contributed by atoms with Crippen LogP contribution < -0.4 is 20.1 Å². The van der Waals surface area contributed by atoms with Gasteiger partial charge in [-0.25, -0.2) is 0 Å². The van der Waals surface area contributed by atoms with Gasteiger partial charge in [-0.3, -0.25) is 9.59 Å². The zero-order chi connectivity index (χ0) is 18.3. The third-order valence-electron chi connectivity index (χ3n) is 3.57. The highest BCUT2D eigenvalue weighted by Gasteiger charge is 2.22. The maximum atomic E-state index is 11.9. The van der Waals surface area contributed by atoms with Crippen molar-refractivity contribution in [1.82, 2.24) is 5.32 Å². The van der Waals surface area contributed by atoms with Crippen LogP contribution in [0.1, 0.15) is 27.2 Å². The SMILES string of the molecule is COc1ccc(NC(=O)C(=O)NCCC(O)C(C)(C)C)c(OC)c1. The molecule has 0 saturated carbocycles. The zero-order valence-electron chi connectivity index (χ0n) is 14.8. The molecule has 7 heteroatoms. The molecule has 0 saturated heterocycles. The number of nitrogens with one attached hydrogen (secondary N) is 2. The van der Waals surface area contributed by atoms with Crippen molar-refractivity contribution in [1.29, 1.82) is 0 Å². The third kappa shape index (κ3) is 5.73. The lowest BCUT2D eigenvalue weighted by Crippen LogP contribution is -2.38. The molecule has 0 heterocycles. The van der Waals surface area contributed by atoms with Crippen molar-refractivity contribution in [3.63, 3.8) is 0 Å². The average molecular weight is 338 g/mol. The lowest BCUT2D eigenvalue weighted by atomic mass is 9.87. The molecule has 0 spiro atoms. The zero-order valence-corrected chi connectivity index (χ0v) is 14.8. The second kappa shape index (κ2) is 8.54. The third-order valence-corrected chi connectivity index (χ3v) is 3.57. The Morgan fingerprint density at radius 1 is 1.17 bits per heavy atom. The van der Waals surface area contributed by atoms with Crippen LogP contribution in [0.25, 0.3) is 0 Å². The number of aliphatic hydroxyl groups is 1. The first-order chi connectivity index (χ1) is 11.2. The smallest absolute Gasteiger partial charge is 0.313 e. The molecule has 1 unspecified atom stereocenters. The van der Waals surface area contributed by atoms with Gasteiger partial charge in [0.25, 0.3) is 0 Å². The summed E-state index contributed by atoms with van der Waals surface area (Å²) < 4.78 is 10.2. The van der Waals surface area contributed by atoms with Crippen LogP contribution >= 0.6 is 0 Å². The van der Waals surface area contributed by atoms with Gasteiger partial charge in [-0.15, -0.1) is 0 Å². The molecule has 0 fully saturated rings. The summed E-state index contributed by atoms with van der Waals surface area (Å²) in [7, 11) is 2.98. The fraction of sp³-hybridized carbons (Fsp3) is 0.529. The van der Waals surface area contributed by atoms with Gasteiger partial charge in [0.15, 0.2) is 0 Å². The molecule has 0 aromatic heterocycles. The molecule has 7 nitrogen and oxygen atoms in total. The largest absolute Gasteiger partial charge is 0.497 e. The fourth-order valence-corrected chi connectivity index (χ4v) is 1.92. The van der Waals surface area contributed by atoms with E-state index in [0.717, 1.165) is 0 Å². The second-order valence-corrected chi connectivity index (χ2v) is 6.45. The van der Waals surface area contributed by atoms with Crippen molar-refractivity contribution in [3.8, 4) is 11.5 Å². The van der Waals surface area contributed by atoms with Gasteiger partial charge < -0.3 is 25.2 Å². The summed E-state index contributed by atoms with van der Waals surface area (Å²) in [5.74, 6) is -0.609. The number of rotatable bonds is 6. The van der Waals surface area contributed by atoms with Gasteiger partial charge in [0, 0.05) is 12.6 Å². The van der Waals surface area contributed by atoms with Gasteiger partial charge in [-0.1, -0.05) is 20.8 Å². The summed E-state index contributed by atoms with van der Waals surface area (Å²) in [5.41, 5.74) is 0.0943. The normalized spacial score (nSPS) is 12.2. The van der Waals surface area contributed by atoms with E-state index in [9.17, 15) is 14.7 Å². The van der Waals surface area contributed by atoms with E-state index in [1.54, 1.807) is 18.2 Å². The number of aliphatic hydroxyl groups excluding tert-OH is 1. The Kier molecular flexibility index (Phi) is 7.03. The number of hydrogen-bond donors (Lipinski definition) is 3. The summed E-state index contributed by atoms with van der Waals surface area (Å²) >= 11 is 0. The summed E-state index contributed by atoms with van der Waals surface area (Å²) in [5, 5.41) is 14.9. The molecule has 24 heavy (non-hydrogen) atoms. The van der Waals surface area contributed by atoms with E-state index in [1.807, 2.05) is 20.8 Å². The number of anilines is 1. The van der Waals surface area contributed by atoms with Crippen molar-refractivity contribution >= 4 is 17.5 Å². The molecule has 1 rings (SSSR count). The van der Waals surface area contributed by atoms with E-state index in [-0.39, 0.29) is 12.0 Å². The number of methoxy groups -OCH3 is 2. The molecule has 0 bridgehead atoms. The topological polar surface area (TPSA) is 96.9 Å². The van der Waals surface area contributed by atoms with E-state index >= 15 is 0 Å². The minimum atomic E-state index is -0.802. The second-order valence-electron chi connectivity index (χ2n) is 6.45. The molecule has 3 N–H and O–H groups in total. The van der Waals surface area contributed by atoms with Crippen LogP contribution in [0.4, 0.5) is 5.69 Å². The van der Waals surface area contributed by atoms with E-state index in [0.29, 0.717) is 23.6 Å². The van der Waals surface area contributed by atoms with Gasteiger partial charge in [0.05, 0.1) is 26.0 Å². The number of benzene rings is 1.